The number of hydrogen-bond donors (Lipinski definition) is 5. The lowest BCUT2D eigenvalue weighted by Gasteiger charge is -2.60. The van der Waals surface area contributed by atoms with E-state index in [0.29, 0.717) is 12.0 Å². The molecule has 3 saturated carbocycles. The second-order valence-electron chi connectivity index (χ2n) is 19.4. The summed E-state index contributed by atoms with van der Waals surface area (Å²) in [6.45, 7) is 15.3. The first-order valence-corrected chi connectivity index (χ1v) is 21.9. The third-order valence-electron chi connectivity index (χ3n) is 16.0. The molecule has 17 nitrogen and oxygen atoms in total. The standard InChI is InChI=1S/C44H64O17/c1-18-16-54-44(39(52)33(18)50)19(2)32-30(61-44)15-28-26-10-9-24-13-25(48)14-31(43(24,8)27(26)11-12-42(28,32)7)59-40-36(34(51)29(49)17-53-40)60-41-38(58-23(6)47)37(57-22(5)46)35(20(3)55-41)56-21(4)45/h9,19-20,25-41,48-52H,1,10-17H2,2-8H3/t19-,20-,25+,26+,27-,28-,29-,30-,31+,32-,33-,34-,35-,36+,37+,38+,39+,40-,41-,42-,43-,44-/m0/s1. The number of carbonyl (C=O) groups excluding carboxylic acids is 3. The highest BCUT2D eigenvalue weighted by Gasteiger charge is 2.72. The predicted octanol–water partition coefficient (Wildman–Crippen LogP) is 1.57. The van der Waals surface area contributed by atoms with Gasteiger partial charge in [-0.1, -0.05) is 39.0 Å². The highest BCUT2D eigenvalue weighted by atomic mass is 16.8. The smallest absolute Gasteiger partial charge is 0.303 e. The highest BCUT2D eigenvalue weighted by molar-refractivity contribution is 5.68. The molecule has 0 unspecified atom stereocenters. The lowest BCUT2D eigenvalue weighted by atomic mass is 9.46. The molecule has 0 aromatic heterocycles. The first-order valence-electron chi connectivity index (χ1n) is 21.9. The summed E-state index contributed by atoms with van der Waals surface area (Å²) in [6.07, 6.45) is -9.83. The average molecular weight is 865 g/mol. The SMILES string of the molecule is C=C1CO[C@@]2(O[C@H]3C[C@H]4[C@@H]5CC=C6C[C@@H](O)C[C@@H](O[C@@H]7OC[C@H](O)[C@H](O)[C@H]7O[C@@H]7O[C@@H](C)[C@H](OC(C)=O)[C@@H](OC(C)=O)[C@H]7OC(C)=O)[C@]6(C)[C@H]5CC[C@]4(C)[C@H]3[C@@H]2C)[C@H](O)[C@H]1O. The van der Waals surface area contributed by atoms with Gasteiger partial charge in [-0.3, -0.25) is 14.4 Å². The van der Waals surface area contributed by atoms with Gasteiger partial charge in [0.2, 0.25) is 5.79 Å². The molecule has 4 heterocycles. The Hall–Kier alpha value is -2.55. The summed E-state index contributed by atoms with van der Waals surface area (Å²) >= 11 is 0. The van der Waals surface area contributed by atoms with Crippen molar-refractivity contribution in [3.63, 3.8) is 0 Å². The molecule has 8 rings (SSSR count). The molecule has 0 bridgehead atoms. The summed E-state index contributed by atoms with van der Waals surface area (Å²) in [4.78, 5) is 36.8. The lowest BCUT2D eigenvalue weighted by Crippen LogP contribution is -2.65. The van der Waals surface area contributed by atoms with E-state index in [1.165, 1.54) is 6.92 Å². The summed E-state index contributed by atoms with van der Waals surface area (Å²) in [7, 11) is 0. The first-order chi connectivity index (χ1) is 28.7. The zero-order chi connectivity index (χ0) is 44.1. The second-order valence-corrected chi connectivity index (χ2v) is 19.4. The maximum atomic E-state index is 12.4. The van der Waals surface area contributed by atoms with E-state index >= 15 is 0 Å². The zero-order valence-electron chi connectivity index (χ0n) is 36.0. The fourth-order valence-corrected chi connectivity index (χ4v) is 13.3. The van der Waals surface area contributed by atoms with E-state index in [4.69, 9.17) is 42.6 Å². The van der Waals surface area contributed by atoms with E-state index in [9.17, 15) is 39.9 Å². The fourth-order valence-electron chi connectivity index (χ4n) is 13.3. The average Bonchev–Trinajstić information content (AvgIpc) is 3.64. The normalized spacial score (nSPS) is 51.6. The lowest BCUT2D eigenvalue weighted by molar-refractivity contribution is -0.363. The van der Waals surface area contributed by atoms with Crippen molar-refractivity contribution in [2.24, 2.45) is 40.4 Å². The fraction of sp³-hybridized carbons (Fsp3) is 0.841. The van der Waals surface area contributed by atoms with Gasteiger partial charge in [0.05, 0.1) is 37.6 Å². The van der Waals surface area contributed by atoms with E-state index in [1.807, 2.05) is 0 Å². The predicted molar refractivity (Wildman–Crippen MR) is 208 cm³/mol. The number of carbonyl (C=O) groups is 3. The van der Waals surface area contributed by atoms with E-state index in [2.05, 4.69) is 33.4 Å². The minimum atomic E-state index is -1.58. The van der Waals surface area contributed by atoms with Crippen LogP contribution in [0.4, 0.5) is 0 Å². The van der Waals surface area contributed by atoms with Crippen LogP contribution in [0.2, 0.25) is 0 Å². The van der Waals surface area contributed by atoms with Gasteiger partial charge in [-0.15, -0.1) is 0 Å². The Balaban J connectivity index is 1.05. The summed E-state index contributed by atoms with van der Waals surface area (Å²) in [5, 5.41) is 55.8. The Morgan fingerprint density at radius 3 is 2.21 bits per heavy atom. The van der Waals surface area contributed by atoms with E-state index in [0.717, 1.165) is 45.1 Å². The minimum Gasteiger partial charge on any atom is -0.456 e. The first kappa shape index (κ1) is 45.0. The second kappa shape index (κ2) is 16.5. The molecule has 4 aliphatic carbocycles. The monoisotopic (exact) mass is 864 g/mol. The number of allylic oxidation sites excluding steroid dienone is 1. The molecule has 1 spiro atoms. The van der Waals surface area contributed by atoms with Gasteiger partial charge in [0.1, 0.15) is 30.5 Å². The van der Waals surface area contributed by atoms with Crippen LogP contribution in [0.3, 0.4) is 0 Å². The Morgan fingerprint density at radius 1 is 0.852 bits per heavy atom. The van der Waals surface area contributed by atoms with Gasteiger partial charge in [0, 0.05) is 38.5 Å². The Labute approximate surface area is 355 Å². The molecule has 17 heteroatoms. The number of fused-ring (bicyclic) bond motifs is 7. The molecule has 61 heavy (non-hydrogen) atoms. The summed E-state index contributed by atoms with van der Waals surface area (Å²) in [6, 6.07) is 0. The van der Waals surface area contributed by atoms with Gasteiger partial charge in [-0.05, 0) is 73.7 Å². The number of hydrogen-bond acceptors (Lipinski definition) is 17. The number of esters is 3. The van der Waals surface area contributed by atoms with Crippen molar-refractivity contribution >= 4 is 17.9 Å². The molecule has 0 aromatic rings. The maximum Gasteiger partial charge on any atom is 0.303 e. The van der Waals surface area contributed by atoms with E-state index in [1.54, 1.807) is 6.92 Å². The third-order valence-corrected chi connectivity index (χ3v) is 16.0. The van der Waals surface area contributed by atoms with Gasteiger partial charge in [0.15, 0.2) is 30.9 Å². The van der Waals surface area contributed by atoms with Crippen molar-refractivity contribution < 1.29 is 82.5 Å². The highest BCUT2D eigenvalue weighted by Crippen LogP contribution is 2.71. The number of rotatable bonds is 7. The maximum absolute atomic E-state index is 12.4. The third kappa shape index (κ3) is 7.40. The van der Waals surface area contributed by atoms with E-state index < -0.39 is 109 Å². The Kier molecular flexibility index (Phi) is 12.2. The van der Waals surface area contributed by atoms with Crippen LogP contribution in [0, 0.1) is 40.4 Å². The van der Waals surface area contributed by atoms with Gasteiger partial charge in [-0.25, -0.2) is 0 Å². The number of aliphatic hydroxyl groups is 5. The zero-order valence-corrected chi connectivity index (χ0v) is 36.0. The minimum absolute atomic E-state index is 0.0804. The summed E-state index contributed by atoms with van der Waals surface area (Å²) in [5.74, 6) is -3.03. The van der Waals surface area contributed by atoms with Crippen LogP contribution in [0.25, 0.3) is 0 Å². The van der Waals surface area contributed by atoms with Gasteiger partial charge < -0.3 is 68.2 Å². The summed E-state index contributed by atoms with van der Waals surface area (Å²) in [5.41, 5.74) is 0.786. The molecule has 4 aliphatic heterocycles. The molecule has 4 saturated heterocycles. The van der Waals surface area contributed by atoms with Crippen LogP contribution in [-0.4, -0.2) is 148 Å². The topological polar surface area (TPSA) is 235 Å². The molecule has 8 aliphatic rings. The van der Waals surface area contributed by atoms with Crippen LogP contribution in [0.15, 0.2) is 23.8 Å². The molecule has 0 aromatic carbocycles. The Morgan fingerprint density at radius 2 is 1.52 bits per heavy atom. The van der Waals surface area contributed by atoms with Crippen molar-refractivity contribution in [3.05, 3.63) is 23.8 Å². The van der Waals surface area contributed by atoms with Crippen LogP contribution >= 0.6 is 0 Å². The van der Waals surface area contributed by atoms with Crippen molar-refractivity contribution in [2.45, 2.75) is 179 Å². The molecule has 7 fully saturated rings. The molecule has 0 amide bonds. The Bertz CT molecular complexity index is 1750. The largest absolute Gasteiger partial charge is 0.456 e. The summed E-state index contributed by atoms with van der Waals surface area (Å²) < 4.78 is 55.0. The molecule has 342 valence electrons. The number of ether oxygens (including phenoxy) is 9. The van der Waals surface area contributed by atoms with Crippen molar-refractivity contribution in [1.29, 1.82) is 0 Å². The molecule has 5 N–H and O–H groups in total. The van der Waals surface area contributed by atoms with Crippen molar-refractivity contribution in [1.82, 2.24) is 0 Å². The van der Waals surface area contributed by atoms with Crippen LogP contribution in [0.1, 0.15) is 87.0 Å². The quantitative estimate of drug-likeness (QED) is 0.139. The van der Waals surface area contributed by atoms with E-state index in [-0.39, 0.29) is 60.7 Å². The van der Waals surface area contributed by atoms with Gasteiger partial charge in [0.25, 0.3) is 0 Å². The molecular formula is C44H64O17. The molecular weight excluding hydrogens is 800 g/mol. The van der Waals surface area contributed by atoms with Crippen molar-refractivity contribution in [3.8, 4) is 0 Å². The number of aliphatic hydroxyl groups excluding tert-OH is 5. The van der Waals surface area contributed by atoms with Crippen LogP contribution < -0.4 is 0 Å². The molecule has 22 atom stereocenters. The van der Waals surface area contributed by atoms with Crippen LogP contribution in [0.5, 0.6) is 0 Å². The van der Waals surface area contributed by atoms with Gasteiger partial charge in [-0.2, -0.15) is 0 Å². The molecule has 0 radical (unpaired) electrons. The van der Waals surface area contributed by atoms with Crippen LogP contribution in [-0.2, 0) is 57.0 Å². The van der Waals surface area contributed by atoms with Gasteiger partial charge >= 0.3 is 17.9 Å². The van der Waals surface area contributed by atoms with Crippen molar-refractivity contribution in [2.75, 3.05) is 13.2 Å².